The topological polar surface area (TPSA) is 0 Å². The number of aryl methyl sites for hydroxylation is 1. The number of allylic oxidation sites excluding steroid dienone is 5. The molecule has 0 fully saturated rings. The van der Waals surface area contributed by atoms with Gasteiger partial charge in [-0.15, -0.1) is 11.8 Å². The molecular weight excluding hydrogens is 284 g/mol. The summed E-state index contributed by atoms with van der Waals surface area (Å²) >= 11 is 1.76. The summed E-state index contributed by atoms with van der Waals surface area (Å²) in [5.41, 5.74) is 6.86. The van der Waals surface area contributed by atoms with E-state index in [2.05, 4.69) is 64.5 Å². The van der Waals surface area contributed by atoms with Crippen LogP contribution in [-0.4, -0.2) is 6.26 Å². The lowest BCUT2D eigenvalue weighted by molar-refractivity contribution is 0.857. The molecule has 0 radical (unpaired) electrons. The Morgan fingerprint density at radius 1 is 1.27 bits per heavy atom. The Morgan fingerprint density at radius 3 is 2.55 bits per heavy atom. The van der Waals surface area contributed by atoms with Gasteiger partial charge in [-0.25, -0.2) is 0 Å². The average Bonchev–Trinajstić information content (AvgIpc) is 2.53. The second-order valence-electron chi connectivity index (χ2n) is 5.53. The van der Waals surface area contributed by atoms with E-state index in [1.54, 1.807) is 11.8 Å². The van der Waals surface area contributed by atoms with Crippen molar-refractivity contribution < 1.29 is 0 Å². The van der Waals surface area contributed by atoms with Crippen LogP contribution in [0.2, 0.25) is 0 Å². The molecule has 22 heavy (non-hydrogen) atoms. The Hall–Kier alpha value is -1.47. The molecule has 0 nitrogen and oxygen atoms in total. The van der Waals surface area contributed by atoms with Gasteiger partial charge in [-0.3, -0.25) is 0 Å². The van der Waals surface area contributed by atoms with Gasteiger partial charge in [-0.2, -0.15) is 0 Å². The van der Waals surface area contributed by atoms with Crippen LogP contribution in [-0.2, 0) is 6.42 Å². The fourth-order valence-electron chi connectivity index (χ4n) is 2.51. The summed E-state index contributed by atoms with van der Waals surface area (Å²) in [4.78, 5) is 1.26. The maximum atomic E-state index is 3.93. The molecule has 0 aliphatic carbocycles. The Balaban J connectivity index is 3.21. The van der Waals surface area contributed by atoms with Gasteiger partial charge in [0, 0.05) is 4.91 Å². The molecule has 0 unspecified atom stereocenters. The van der Waals surface area contributed by atoms with Gasteiger partial charge < -0.3 is 0 Å². The molecule has 0 spiro atoms. The van der Waals surface area contributed by atoms with Crippen molar-refractivity contribution in [2.75, 3.05) is 6.26 Å². The molecule has 1 rings (SSSR count). The first-order valence-electron chi connectivity index (χ1n) is 7.85. The smallest absolute Gasteiger partial charge is 0.0141 e. The van der Waals surface area contributed by atoms with Crippen LogP contribution in [0.3, 0.4) is 0 Å². The van der Waals surface area contributed by atoms with Gasteiger partial charge in [-0.1, -0.05) is 68.0 Å². The molecule has 0 amide bonds. The lowest BCUT2D eigenvalue weighted by Crippen LogP contribution is -1.98. The summed E-state index contributed by atoms with van der Waals surface area (Å²) in [5, 5.41) is 0. The number of benzene rings is 1. The fourth-order valence-corrected chi connectivity index (χ4v) is 3.10. The minimum Gasteiger partial charge on any atom is -0.129 e. The summed E-state index contributed by atoms with van der Waals surface area (Å²) in [6, 6.07) is 6.76. The van der Waals surface area contributed by atoms with Crippen LogP contribution < -0.4 is 0 Å². The van der Waals surface area contributed by atoms with Gasteiger partial charge in [0.2, 0.25) is 0 Å². The molecule has 0 aromatic heterocycles. The summed E-state index contributed by atoms with van der Waals surface area (Å²) in [7, 11) is 0. The fraction of sp³-hybridized carbons (Fsp3) is 0.333. The first-order chi connectivity index (χ1) is 10.6. The van der Waals surface area contributed by atoms with Crippen LogP contribution in [0, 0.1) is 6.92 Å². The van der Waals surface area contributed by atoms with Crippen molar-refractivity contribution in [3.63, 3.8) is 0 Å². The molecule has 0 heterocycles. The normalized spacial score (nSPS) is 12.8. The third kappa shape index (κ3) is 5.06. The Bertz CT molecular complexity index is 588. The van der Waals surface area contributed by atoms with Crippen molar-refractivity contribution in [1.29, 1.82) is 0 Å². The second kappa shape index (κ2) is 9.53. The van der Waals surface area contributed by atoms with Crippen molar-refractivity contribution in [2.24, 2.45) is 0 Å². The number of hydrogen-bond acceptors (Lipinski definition) is 1. The van der Waals surface area contributed by atoms with Crippen molar-refractivity contribution in [2.45, 2.75) is 40.0 Å². The highest BCUT2D eigenvalue weighted by Gasteiger charge is 2.08. The highest BCUT2D eigenvalue weighted by molar-refractivity contribution is 8.07. The lowest BCUT2D eigenvalue weighted by Gasteiger charge is -2.14. The zero-order valence-corrected chi connectivity index (χ0v) is 15.2. The van der Waals surface area contributed by atoms with E-state index < -0.39 is 0 Å². The molecule has 0 aliphatic heterocycles. The van der Waals surface area contributed by atoms with Crippen molar-refractivity contribution >= 4 is 16.7 Å². The third-order valence-corrected chi connectivity index (χ3v) is 4.75. The standard InChI is InChI=1S/C21H28S/c1-7-10-18(16(4)9-3)14-20-15-19(13-12-17(20)5)21(22-6)11-8-2/h8-9,11-13,15H,2-3,7,10,14H2,1,4-6H3/b18-16+,21-11-. The Labute approximate surface area is 140 Å². The van der Waals surface area contributed by atoms with Crippen molar-refractivity contribution in [3.05, 3.63) is 77.4 Å². The summed E-state index contributed by atoms with van der Waals surface area (Å²) in [6.45, 7) is 14.3. The molecule has 0 bridgehead atoms. The Kier molecular flexibility index (Phi) is 8.05. The van der Waals surface area contributed by atoms with Crippen LogP contribution >= 0.6 is 11.8 Å². The van der Waals surface area contributed by atoms with Gasteiger partial charge in [0.1, 0.15) is 0 Å². The van der Waals surface area contributed by atoms with Crippen molar-refractivity contribution in [3.8, 4) is 0 Å². The molecule has 0 saturated heterocycles. The number of rotatable bonds is 8. The van der Waals surface area contributed by atoms with E-state index in [1.165, 1.54) is 39.2 Å². The first kappa shape index (κ1) is 18.6. The second-order valence-corrected chi connectivity index (χ2v) is 6.38. The lowest BCUT2D eigenvalue weighted by atomic mass is 9.93. The van der Waals surface area contributed by atoms with Crippen LogP contribution in [0.15, 0.2) is 60.7 Å². The van der Waals surface area contributed by atoms with Gasteiger partial charge in [0.25, 0.3) is 0 Å². The minimum absolute atomic E-state index is 1.01. The number of hydrogen-bond donors (Lipinski definition) is 0. The molecule has 0 saturated carbocycles. The SMILES string of the molecule is C=C/C=C(\SC)c1ccc(C)c(C/C(CCC)=C(\C)C=C)c1. The predicted molar refractivity (Wildman–Crippen MR) is 104 cm³/mol. The zero-order valence-electron chi connectivity index (χ0n) is 14.4. The highest BCUT2D eigenvalue weighted by atomic mass is 32.2. The van der Waals surface area contributed by atoms with Crippen LogP contribution in [0.1, 0.15) is 43.4 Å². The molecule has 0 aliphatic rings. The molecule has 118 valence electrons. The van der Waals surface area contributed by atoms with E-state index in [0.29, 0.717) is 0 Å². The van der Waals surface area contributed by atoms with E-state index in [-0.39, 0.29) is 0 Å². The molecule has 1 heteroatoms. The van der Waals surface area contributed by atoms with Gasteiger partial charge >= 0.3 is 0 Å². The van der Waals surface area contributed by atoms with E-state index in [9.17, 15) is 0 Å². The average molecular weight is 313 g/mol. The highest BCUT2D eigenvalue weighted by Crippen LogP contribution is 2.28. The monoisotopic (exact) mass is 312 g/mol. The van der Waals surface area contributed by atoms with Crippen LogP contribution in [0.25, 0.3) is 4.91 Å². The van der Waals surface area contributed by atoms with Crippen molar-refractivity contribution in [1.82, 2.24) is 0 Å². The first-order valence-corrected chi connectivity index (χ1v) is 9.07. The van der Waals surface area contributed by atoms with E-state index in [1.807, 2.05) is 12.2 Å². The van der Waals surface area contributed by atoms with E-state index >= 15 is 0 Å². The molecule has 1 aromatic carbocycles. The number of thioether (sulfide) groups is 1. The van der Waals surface area contributed by atoms with Gasteiger partial charge in [0.15, 0.2) is 0 Å². The predicted octanol–water partition coefficient (Wildman–Crippen LogP) is 6.73. The molecular formula is C21H28S. The van der Waals surface area contributed by atoms with Gasteiger partial charge in [-0.05, 0) is 55.7 Å². The Morgan fingerprint density at radius 2 is 2.00 bits per heavy atom. The summed E-state index contributed by atoms with van der Waals surface area (Å²) < 4.78 is 0. The summed E-state index contributed by atoms with van der Waals surface area (Å²) in [5.74, 6) is 0. The third-order valence-electron chi connectivity index (χ3n) is 3.94. The molecule has 1 aromatic rings. The molecule has 0 atom stereocenters. The van der Waals surface area contributed by atoms with E-state index in [4.69, 9.17) is 0 Å². The molecule has 0 N–H and O–H groups in total. The maximum absolute atomic E-state index is 3.93. The minimum atomic E-state index is 1.01. The van der Waals surface area contributed by atoms with Gasteiger partial charge in [0.05, 0.1) is 0 Å². The zero-order chi connectivity index (χ0) is 16.5. The quantitative estimate of drug-likeness (QED) is 0.479. The summed E-state index contributed by atoms with van der Waals surface area (Å²) in [6.07, 6.45) is 11.4. The maximum Gasteiger partial charge on any atom is 0.0141 e. The largest absolute Gasteiger partial charge is 0.129 e. The van der Waals surface area contributed by atoms with Crippen LogP contribution in [0.5, 0.6) is 0 Å². The van der Waals surface area contributed by atoms with Crippen LogP contribution in [0.4, 0.5) is 0 Å². The van der Waals surface area contributed by atoms with E-state index in [0.717, 1.165) is 12.8 Å².